The summed E-state index contributed by atoms with van der Waals surface area (Å²) in [6, 6.07) is 4.60. The second kappa shape index (κ2) is 8.81. The number of hydrogen-bond donors (Lipinski definition) is 3. The normalized spacial score (nSPS) is 27.9. The number of nitrogens with zero attached hydrogens (tertiary/aromatic N) is 5. The Labute approximate surface area is 211 Å². The quantitative estimate of drug-likeness (QED) is 0.387. The molecule has 3 N–H and O–H groups in total. The van der Waals surface area contributed by atoms with E-state index in [4.69, 9.17) is 9.47 Å². The summed E-state index contributed by atoms with van der Waals surface area (Å²) < 4.78 is 68.1. The molecule has 3 saturated carbocycles. The van der Waals surface area contributed by atoms with E-state index in [0.717, 1.165) is 19.3 Å². The first-order valence-electron chi connectivity index (χ1n) is 11.7. The molecule has 0 spiro atoms. The molecule has 1 saturated heterocycles. The van der Waals surface area contributed by atoms with Crippen LogP contribution in [0.15, 0.2) is 18.3 Å². The van der Waals surface area contributed by atoms with Crippen LogP contribution >= 0.6 is 0 Å². The number of aromatic nitrogens is 5. The average Bonchev–Trinajstić information content (AvgIpc) is 3.53. The number of aromatic amines is 1. The molecule has 4 fully saturated rings. The molecule has 16 heteroatoms. The van der Waals surface area contributed by atoms with Crippen LogP contribution in [0.1, 0.15) is 42.4 Å². The van der Waals surface area contributed by atoms with Crippen molar-refractivity contribution in [2.75, 3.05) is 11.9 Å². The number of ether oxygens (including phenoxy) is 3. The largest absolute Gasteiger partial charge is 0.522 e. The number of halogens is 4. The van der Waals surface area contributed by atoms with Crippen LogP contribution in [0.2, 0.25) is 0 Å². The fourth-order valence-corrected chi connectivity index (χ4v) is 5.04. The molecule has 38 heavy (non-hydrogen) atoms. The number of alkyl carbamates (subject to hydrolysis) is 1. The Balaban J connectivity index is 1.13. The van der Waals surface area contributed by atoms with Gasteiger partial charge in [0, 0.05) is 11.6 Å². The van der Waals surface area contributed by atoms with Gasteiger partial charge >= 0.3 is 12.5 Å². The van der Waals surface area contributed by atoms with E-state index in [2.05, 4.69) is 35.7 Å². The SMILES string of the molecule is N#Cc1cn2nc(COC(F)(F)F)cc2c(Nc2cc([C@H]3OC[C@@H](OC(=O)NC45CC(C4)C5)[C@@H]3F)[nH]n2)n1. The van der Waals surface area contributed by atoms with Crippen molar-refractivity contribution < 1.29 is 36.6 Å². The third kappa shape index (κ3) is 4.58. The number of carbonyl (C=O) groups excluding carboxylic acids is 1. The van der Waals surface area contributed by atoms with Gasteiger partial charge in [-0.2, -0.15) is 15.5 Å². The molecule has 2 bridgehead atoms. The van der Waals surface area contributed by atoms with Crippen LogP contribution in [0.25, 0.3) is 5.52 Å². The molecular formula is C22H20F4N8O4. The summed E-state index contributed by atoms with van der Waals surface area (Å²) in [6.45, 7) is -0.972. The summed E-state index contributed by atoms with van der Waals surface area (Å²) >= 11 is 0. The van der Waals surface area contributed by atoms with Gasteiger partial charge in [0.25, 0.3) is 0 Å². The highest BCUT2D eigenvalue weighted by Crippen LogP contribution is 2.57. The summed E-state index contributed by atoms with van der Waals surface area (Å²) in [5, 5.41) is 25.6. The lowest BCUT2D eigenvalue weighted by Crippen LogP contribution is -2.68. The number of carbonyl (C=O) groups is 1. The van der Waals surface area contributed by atoms with Gasteiger partial charge in [-0.1, -0.05) is 0 Å². The van der Waals surface area contributed by atoms with Gasteiger partial charge in [-0.15, -0.1) is 13.2 Å². The lowest BCUT2D eigenvalue weighted by Gasteiger charge is -2.61. The minimum atomic E-state index is -4.83. The van der Waals surface area contributed by atoms with E-state index < -0.39 is 37.4 Å². The van der Waals surface area contributed by atoms with Crippen molar-refractivity contribution in [1.29, 1.82) is 5.26 Å². The Morgan fingerprint density at radius 2 is 2.13 bits per heavy atom. The smallest absolute Gasteiger partial charge is 0.441 e. The van der Waals surface area contributed by atoms with E-state index in [0.29, 0.717) is 5.92 Å². The van der Waals surface area contributed by atoms with Crippen LogP contribution in [-0.4, -0.2) is 61.7 Å². The first-order chi connectivity index (χ1) is 18.1. The van der Waals surface area contributed by atoms with E-state index in [1.54, 1.807) is 0 Å². The van der Waals surface area contributed by atoms with Crippen LogP contribution in [0, 0.1) is 17.2 Å². The Hall–Kier alpha value is -3.97. The van der Waals surface area contributed by atoms with Crippen LogP contribution in [0.4, 0.5) is 34.0 Å². The molecular weight excluding hydrogens is 516 g/mol. The molecule has 200 valence electrons. The number of hydrogen-bond acceptors (Lipinski definition) is 9. The van der Waals surface area contributed by atoms with Crippen molar-refractivity contribution in [3.8, 4) is 6.07 Å². The highest BCUT2D eigenvalue weighted by molar-refractivity contribution is 5.73. The molecule has 3 aromatic heterocycles. The van der Waals surface area contributed by atoms with Crippen molar-refractivity contribution in [3.63, 3.8) is 0 Å². The minimum Gasteiger partial charge on any atom is -0.441 e. The third-order valence-electron chi connectivity index (χ3n) is 6.90. The van der Waals surface area contributed by atoms with Gasteiger partial charge in [0.05, 0.1) is 24.2 Å². The molecule has 3 aliphatic carbocycles. The molecule has 1 aliphatic heterocycles. The highest BCUT2D eigenvalue weighted by Gasteiger charge is 2.58. The lowest BCUT2D eigenvalue weighted by atomic mass is 9.50. The first-order valence-corrected chi connectivity index (χ1v) is 11.7. The van der Waals surface area contributed by atoms with Crippen LogP contribution in [0.3, 0.4) is 0 Å². The maximum absolute atomic E-state index is 15.1. The highest BCUT2D eigenvalue weighted by atomic mass is 19.4. The van der Waals surface area contributed by atoms with Gasteiger partial charge in [0.2, 0.25) is 0 Å². The van der Waals surface area contributed by atoms with Gasteiger partial charge < -0.3 is 20.1 Å². The van der Waals surface area contributed by atoms with Crippen LogP contribution in [0.5, 0.6) is 0 Å². The van der Waals surface area contributed by atoms with Gasteiger partial charge in [0.1, 0.15) is 24.3 Å². The summed E-state index contributed by atoms with van der Waals surface area (Å²) in [4.78, 5) is 16.3. The molecule has 0 radical (unpaired) electrons. The predicted octanol–water partition coefficient (Wildman–Crippen LogP) is 3.16. The minimum absolute atomic E-state index is 0.0475. The summed E-state index contributed by atoms with van der Waals surface area (Å²) in [7, 11) is 0. The van der Waals surface area contributed by atoms with E-state index in [1.807, 2.05) is 6.07 Å². The number of amides is 1. The fraction of sp³-hybridized carbons (Fsp3) is 0.500. The average molecular weight is 536 g/mol. The van der Waals surface area contributed by atoms with E-state index in [9.17, 15) is 23.2 Å². The van der Waals surface area contributed by atoms with Crippen molar-refractivity contribution in [2.24, 2.45) is 5.92 Å². The second-order valence-corrected chi connectivity index (χ2v) is 9.65. The zero-order valence-electron chi connectivity index (χ0n) is 19.5. The molecule has 3 atom stereocenters. The predicted molar refractivity (Wildman–Crippen MR) is 117 cm³/mol. The number of alkyl halides is 4. The first kappa shape index (κ1) is 24.4. The zero-order valence-corrected chi connectivity index (χ0v) is 19.5. The van der Waals surface area contributed by atoms with E-state index in [1.165, 1.54) is 22.8 Å². The standard InChI is InChI=1S/C22H20F4N8O4/c23-17-15(38-20(35)30-21-3-10(4-21)5-21)9-36-18(17)13-2-16(32-31-13)29-19-14-1-11(8-37-22(24,25)26)33-34(14)7-12(6-27)28-19/h1-2,7,10,15,17-18H,3-5,8-9H2,(H,30,35)(H2,28,29,31,32)/t10?,15-,17+,18-,21?/m1/s1. The van der Waals surface area contributed by atoms with Gasteiger partial charge in [-0.05, 0) is 31.2 Å². The third-order valence-corrected chi connectivity index (χ3v) is 6.90. The van der Waals surface area contributed by atoms with Gasteiger partial charge in [-0.25, -0.2) is 18.7 Å². The number of anilines is 2. The lowest BCUT2D eigenvalue weighted by molar-refractivity contribution is -0.330. The van der Waals surface area contributed by atoms with Crippen molar-refractivity contribution in [3.05, 3.63) is 35.4 Å². The zero-order chi connectivity index (χ0) is 26.7. The Morgan fingerprint density at radius 3 is 2.82 bits per heavy atom. The summed E-state index contributed by atoms with van der Waals surface area (Å²) in [6.07, 6.45) is -5.30. The number of H-pyrrole nitrogens is 1. The second-order valence-electron chi connectivity index (χ2n) is 9.65. The van der Waals surface area contributed by atoms with Gasteiger partial charge in [-0.3, -0.25) is 9.84 Å². The molecule has 4 heterocycles. The Bertz CT molecular complexity index is 1420. The van der Waals surface area contributed by atoms with Crippen LogP contribution < -0.4 is 10.6 Å². The molecule has 1 amide bonds. The molecule has 3 aromatic rings. The fourth-order valence-electron chi connectivity index (χ4n) is 5.04. The van der Waals surface area contributed by atoms with Crippen molar-refractivity contribution in [2.45, 2.75) is 56.2 Å². The molecule has 0 unspecified atom stereocenters. The maximum atomic E-state index is 15.1. The van der Waals surface area contributed by atoms with Crippen molar-refractivity contribution in [1.82, 2.24) is 30.1 Å². The molecule has 12 nitrogen and oxygen atoms in total. The van der Waals surface area contributed by atoms with E-state index >= 15 is 4.39 Å². The molecule has 4 aliphatic rings. The Morgan fingerprint density at radius 1 is 1.34 bits per heavy atom. The molecule has 0 aromatic carbocycles. The monoisotopic (exact) mass is 536 g/mol. The number of nitriles is 1. The van der Waals surface area contributed by atoms with Gasteiger partial charge in [0.15, 0.2) is 29.6 Å². The van der Waals surface area contributed by atoms with E-state index in [-0.39, 0.29) is 46.4 Å². The summed E-state index contributed by atoms with van der Waals surface area (Å²) in [5.74, 6) is 0.906. The number of fused-ring (bicyclic) bond motifs is 1. The van der Waals surface area contributed by atoms with Crippen LogP contribution in [-0.2, 0) is 20.8 Å². The number of rotatable bonds is 7. The molecule has 7 rings (SSSR count). The summed E-state index contributed by atoms with van der Waals surface area (Å²) in [5.41, 5.74) is 0.195. The number of nitrogens with one attached hydrogen (secondary N) is 3. The Kier molecular flexibility index (Phi) is 5.65. The maximum Gasteiger partial charge on any atom is 0.522 e. The van der Waals surface area contributed by atoms with Crippen molar-refractivity contribution >= 4 is 23.2 Å². The topological polar surface area (TPSA) is 151 Å².